The molecular formula is C20H18FNS. The molecule has 0 amide bonds. The van der Waals surface area contributed by atoms with Crippen molar-refractivity contribution in [2.45, 2.75) is 30.6 Å². The molecule has 1 nitrogen and oxygen atoms in total. The molecule has 3 aromatic rings. The Morgan fingerprint density at radius 1 is 0.826 bits per heavy atom. The minimum absolute atomic E-state index is 0.453. The van der Waals surface area contributed by atoms with Gasteiger partial charge in [-0.2, -0.15) is 4.39 Å². The van der Waals surface area contributed by atoms with Crippen molar-refractivity contribution in [3.05, 3.63) is 77.4 Å². The van der Waals surface area contributed by atoms with Gasteiger partial charge in [0.15, 0.2) is 0 Å². The summed E-state index contributed by atoms with van der Waals surface area (Å²) in [4.78, 5) is 6.21. The first-order valence-corrected chi connectivity index (χ1v) is 8.32. The average Bonchev–Trinajstić information content (AvgIpc) is 2.52. The number of rotatable bonds is 3. The Kier molecular flexibility index (Phi) is 4.49. The molecule has 116 valence electrons. The van der Waals surface area contributed by atoms with Crippen LogP contribution in [0.5, 0.6) is 0 Å². The molecule has 0 spiro atoms. The van der Waals surface area contributed by atoms with Crippen molar-refractivity contribution in [3.63, 3.8) is 0 Å². The topological polar surface area (TPSA) is 12.9 Å². The lowest BCUT2D eigenvalue weighted by atomic mass is 10.1. The highest BCUT2D eigenvalue weighted by Gasteiger charge is 2.07. The zero-order valence-electron chi connectivity index (χ0n) is 13.4. The Labute approximate surface area is 140 Å². The molecule has 0 aliphatic rings. The van der Waals surface area contributed by atoms with Crippen molar-refractivity contribution >= 4 is 11.8 Å². The quantitative estimate of drug-likeness (QED) is 0.551. The normalized spacial score (nSPS) is 10.8. The third kappa shape index (κ3) is 3.62. The summed E-state index contributed by atoms with van der Waals surface area (Å²) >= 11 is 1.78. The number of benzene rings is 2. The van der Waals surface area contributed by atoms with Gasteiger partial charge in [0.2, 0.25) is 5.95 Å². The summed E-state index contributed by atoms with van der Waals surface area (Å²) in [5.74, 6) is -0.453. The fourth-order valence-corrected chi connectivity index (χ4v) is 3.66. The van der Waals surface area contributed by atoms with Crippen LogP contribution in [0.2, 0.25) is 0 Å². The van der Waals surface area contributed by atoms with E-state index in [1.807, 2.05) is 0 Å². The van der Waals surface area contributed by atoms with E-state index in [-0.39, 0.29) is 0 Å². The van der Waals surface area contributed by atoms with Crippen LogP contribution in [0.4, 0.5) is 4.39 Å². The Morgan fingerprint density at radius 2 is 1.43 bits per heavy atom. The van der Waals surface area contributed by atoms with Crippen LogP contribution < -0.4 is 0 Å². The van der Waals surface area contributed by atoms with Crippen molar-refractivity contribution in [1.82, 2.24) is 4.98 Å². The van der Waals surface area contributed by atoms with E-state index in [0.29, 0.717) is 0 Å². The Bertz CT molecular complexity index is 800. The molecule has 0 saturated heterocycles. The average molecular weight is 323 g/mol. The van der Waals surface area contributed by atoms with Crippen LogP contribution in [0.25, 0.3) is 11.1 Å². The highest BCUT2D eigenvalue weighted by molar-refractivity contribution is 7.99. The molecule has 3 heteroatoms. The van der Waals surface area contributed by atoms with Crippen LogP contribution in [0.3, 0.4) is 0 Å². The van der Waals surface area contributed by atoms with Crippen molar-refractivity contribution < 1.29 is 4.39 Å². The second-order valence-electron chi connectivity index (χ2n) is 5.72. The molecule has 3 rings (SSSR count). The maximum absolute atomic E-state index is 12.9. The van der Waals surface area contributed by atoms with E-state index in [4.69, 9.17) is 0 Å². The van der Waals surface area contributed by atoms with Gasteiger partial charge in [-0.15, -0.1) is 0 Å². The standard InChI is InChI=1S/C20H18FNS/c1-13-10-14(2)20(15(3)11-13)23-18-7-4-16(5-8-18)17-6-9-19(21)22-12-17/h4-12H,1-3H3. The second kappa shape index (κ2) is 6.55. The summed E-state index contributed by atoms with van der Waals surface area (Å²) in [5, 5.41) is 0. The number of hydrogen-bond donors (Lipinski definition) is 0. The van der Waals surface area contributed by atoms with Gasteiger partial charge in [-0.05, 0) is 61.7 Å². The summed E-state index contributed by atoms with van der Waals surface area (Å²) in [6.07, 6.45) is 1.56. The smallest absolute Gasteiger partial charge is 0.212 e. The first-order valence-electron chi connectivity index (χ1n) is 7.50. The van der Waals surface area contributed by atoms with E-state index in [0.717, 1.165) is 11.1 Å². The molecular weight excluding hydrogens is 305 g/mol. The van der Waals surface area contributed by atoms with Crippen molar-refractivity contribution in [2.24, 2.45) is 0 Å². The van der Waals surface area contributed by atoms with Crippen LogP contribution in [0.1, 0.15) is 16.7 Å². The number of halogens is 1. The van der Waals surface area contributed by atoms with Crippen LogP contribution in [-0.2, 0) is 0 Å². The van der Waals surface area contributed by atoms with Gasteiger partial charge in [-0.3, -0.25) is 0 Å². The Morgan fingerprint density at radius 3 is 2.00 bits per heavy atom. The summed E-state index contributed by atoms with van der Waals surface area (Å²) in [5.41, 5.74) is 5.87. The van der Waals surface area contributed by atoms with Gasteiger partial charge in [-0.25, -0.2) is 4.98 Å². The molecule has 1 heterocycles. The van der Waals surface area contributed by atoms with E-state index in [1.54, 1.807) is 24.0 Å². The summed E-state index contributed by atoms with van der Waals surface area (Å²) in [6.45, 7) is 6.43. The molecule has 2 aromatic carbocycles. The first-order chi connectivity index (χ1) is 11.0. The van der Waals surface area contributed by atoms with Gasteiger partial charge in [0.1, 0.15) is 0 Å². The Balaban J connectivity index is 1.84. The predicted molar refractivity (Wildman–Crippen MR) is 94.4 cm³/mol. The molecule has 0 N–H and O–H groups in total. The third-order valence-corrected chi connectivity index (χ3v) is 5.10. The number of pyridine rings is 1. The first kappa shape index (κ1) is 15.8. The van der Waals surface area contributed by atoms with Crippen LogP contribution in [0, 0.1) is 26.7 Å². The number of aromatic nitrogens is 1. The molecule has 0 fully saturated rings. The van der Waals surface area contributed by atoms with Gasteiger partial charge in [0.05, 0.1) is 0 Å². The zero-order chi connectivity index (χ0) is 16.4. The molecule has 0 aliphatic carbocycles. The van der Waals surface area contributed by atoms with E-state index in [2.05, 4.69) is 62.2 Å². The summed E-state index contributed by atoms with van der Waals surface area (Å²) in [6, 6.07) is 15.9. The van der Waals surface area contributed by atoms with E-state index in [9.17, 15) is 4.39 Å². The van der Waals surface area contributed by atoms with E-state index >= 15 is 0 Å². The monoisotopic (exact) mass is 323 g/mol. The second-order valence-corrected chi connectivity index (χ2v) is 6.81. The maximum Gasteiger partial charge on any atom is 0.212 e. The lowest BCUT2D eigenvalue weighted by molar-refractivity contribution is 0.584. The fourth-order valence-electron chi connectivity index (χ4n) is 2.71. The highest BCUT2D eigenvalue weighted by atomic mass is 32.2. The fraction of sp³-hybridized carbons (Fsp3) is 0.150. The van der Waals surface area contributed by atoms with Crippen molar-refractivity contribution in [2.75, 3.05) is 0 Å². The van der Waals surface area contributed by atoms with Crippen molar-refractivity contribution in [1.29, 1.82) is 0 Å². The Hall–Kier alpha value is -2.13. The van der Waals surface area contributed by atoms with Gasteiger partial charge in [0.25, 0.3) is 0 Å². The largest absolute Gasteiger partial charge is 0.228 e. The molecule has 0 atom stereocenters. The highest BCUT2D eigenvalue weighted by Crippen LogP contribution is 2.34. The molecule has 0 aliphatic heterocycles. The maximum atomic E-state index is 12.9. The number of aryl methyl sites for hydroxylation is 3. The molecule has 0 bridgehead atoms. The molecule has 0 saturated carbocycles. The molecule has 0 radical (unpaired) electrons. The minimum atomic E-state index is -0.453. The number of nitrogens with zero attached hydrogens (tertiary/aromatic N) is 1. The van der Waals surface area contributed by atoms with Crippen LogP contribution in [0.15, 0.2) is 64.5 Å². The van der Waals surface area contributed by atoms with Crippen LogP contribution in [-0.4, -0.2) is 4.98 Å². The van der Waals surface area contributed by atoms with E-state index < -0.39 is 5.95 Å². The van der Waals surface area contributed by atoms with Crippen LogP contribution >= 0.6 is 11.8 Å². The number of hydrogen-bond acceptors (Lipinski definition) is 2. The lowest BCUT2D eigenvalue weighted by Gasteiger charge is -2.11. The summed E-state index contributed by atoms with van der Waals surface area (Å²) < 4.78 is 12.9. The van der Waals surface area contributed by atoms with E-state index in [1.165, 1.54) is 32.5 Å². The zero-order valence-corrected chi connectivity index (χ0v) is 14.2. The molecule has 1 aromatic heterocycles. The van der Waals surface area contributed by atoms with Gasteiger partial charge in [0, 0.05) is 21.6 Å². The van der Waals surface area contributed by atoms with Gasteiger partial charge < -0.3 is 0 Å². The van der Waals surface area contributed by atoms with Gasteiger partial charge in [-0.1, -0.05) is 41.6 Å². The van der Waals surface area contributed by atoms with Gasteiger partial charge >= 0.3 is 0 Å². The predicted octanol–water partition coefficient (Wildman–Crippen LogP) is 5.96. The third-order valence-electron chi connectivity index (χ3n) is 3.74. The summed E-state index contributed by atoms with van der Waals surface area (Å²) in [7, 11) is 0. The molecule has 23 heavy (non-hydrogen) atoms. The lowest BCUT2D eigenvalue weighted by Crippen LogP contribution is -1.88. The SMILES string of the molecule is Cc1cc(C)c(Sc2ccc(-c3ccc(F)nc3)cc2)c(C)c1. The minimum Gasteiger partial charge on any atom is -0.228 e. The molecule has 0 unspecified atom stereocenters. The van der Waals surface area contributed by atoms with Crippen molar-refractivity contribution in [3.8, 4) is 11.1 Å².